The average Bonchev–Trinajstić information content (AvgIpc) is 3.19. The zero-order chi connectivity index (χ0) is 20.1. The number of hydrogen-bond donors (Lipinski definition) is 1. The van der Waals surface area contributed by atoms with Gasteiger partial charge in [-0.05, 0) is 31.0 Å². The van der Waals surface area contributed by atoms with Gasteiger partial charge in [0.2, 0.25) is 5.91 Å². The number of amides is 1. The van der Waals surface area contributed by atoms with Crippen molar-refractivity contribution in [3.63, 3.8) is 0 Å². The first-order chi connectivity index (χ1) is 13.3. The maximum absolute atomic E-state index is 12.4. The van der Waals surface area contributed by atoms with Gasteiger partial charge in [-0.1, -0.05) is 12.1 Å². The Balaban J connectivity index is 1.73. The van der Waals surface area contributed by atoms with E-state index in [9.17, 15) is 18.0 Å². The molecule has 0 aliphatic carbocycles. The van der Waals surface area contributed by atoms with Gasteiger partial charge in [0.05, 0.1) is 35.9 Å². The van der Waals surface area contributed by atoms with Crippen LogP contribution in [0.15, 0.2) is 24.3 Å². The lowest BCUT2D eigenvalue weighted by atomic mass is 9.85. The van der Waals surface area contributed by atoms with Gasteiger partial charge in [-0.3, -0.25) is 4.79 Å². The molecule has 148 valence electrons. The van der Waals surface area contributed by atoms with Gasteiger partial charge in [-0.15, -0.1) is 0 Å². The number of nitrogens with zero attached hydrogens (tertiary/aromatic N) is 2. The van der Waals surface area contributed by atoms with Crippen molar-refractivity contribution >= 4 is 27.5 Å². The minimum atomic E-state index is -3.07. The van der Waals surface area contributed by atoms with Crippen LogP contribution in [0.4, 0.5) is 5.82 Å². The lowest BCUT2D eigenvalue weighted by Gasteiger charge is -2.25. The Morgan fingerprint density at radius 1 is 1.29 bits per heavy atom. The zero-order valence-corrected chi connectivity index (χ0v) is 16.5. The van der Waals surface area contributed by atoms with E-state index in [-0.39, 0.29) is 35.8 Å². The fourth-order valence-corrected chi connectivity index (χ4v) is 5.75. The minimum Gasteiger partial charge on any atom is -0.465 e. The SMILES string of the molecule is COC(=O)c1ccc([C@H]2CC(=O)Nc3c2c(C)nn3[C@H]2CCS(=O)(=O)C2)cc1. The Hall–Kier alpha value is -2.68. The van der Waals surface area contributed by atoms with Crippen LogP contribution in [0.3, 0.4) is 0 Å². The van der Waals surface area contributed by atoms with Gasteiger partial charge < -0.3 is 10.1 Å². The molecule has 1 saturated heterocycles. The zero-order valence-electron chi connectivity index (χ0n) is 15.6. The summed E-state index contributed by atoms with van der Waals surface area (Å²) in [6, 6.07) is 6.72. The van der Waals surface area contributed by atoms with Crippen LogP contribution in [0.1, 0.15) is 52.0 Å². The molecule has 1 aromatic heterocycles. The molecule has 2 aliphatic heterocycles. The Morgan fingerprint density at radius 2 is 2.00 bits per heavy atom. The summed E-state index contributed by atoms with van der Waals surface area (Å²) >= 11 is 0. The Labute approximate surface area is 162 Å². The summed E-state index contributed by atoms with van der Waals surface area (Å²) in [4.78, 5) is 24.0. The fourth-order valence-electron chi connectivity index (χ4n) is 4.06. The quantitative estimate of drug-likeness (QED) is 0.783. The molecule has 3 heterocycles. The fraction of sp³-hybridized carbons (Fsp3) is 0.421. The van der Waals surface area contributed by atoms with E-state index in [1.165, 1.54) is 7.11 Å². The molecule has 8 nitrogen and oxygen atoms in total. The molecule has 1 fully saturated rings. The van der Waals surface area contributed by atoms with Crippen molar-refractivity contribution in [1.82, 2.24) is 9.78 Å². The number of carbonyl (C=O) groups excluding carboxylic acids is 2. The molecule has 1 N–H and O–H groups in total. The maximum Gasteiger partial charge on any atom is 0.337 e. The number of ether oxygens (including phenoxy) is 1. The third-order valence-electron chi connectivity index (χ3n) is 5.42. The summed E-state index contributed by atoms with van der Waals surface area (Å²) in [6.45, 7) is 1.87. The number of aromatic nitrogens is 2. The molecule has 2 atom stereocenters. The van der Waals surface area contributed by atoms with Crippen molar-refractivity contribution in [2.45, 2.75) is 31.7 Å². The molecule has 0 spiro atoms. The van der Waals surface area contributed by atoms with Gasteiger partial charge in [0, 0.05) is 17.9 Å². The van der Waals surface area contributed by atoms with E-state index in [4.69, 9.17) is 4.74 Å². The van der Waals surface area contributed by atoms with Gasteiger partial charge in [0.1, 0.15) is 5.82 Å². The second kappa shape index (κ2) is 6.73. The van der Waals surface area contributed by atoms with Gasteiger partial charge in [0.25, 0.3) is 0 Å². The molecule has 0 radical (unpaired) electrons. The van der Waals surface area contributed by atoms with Crippen LogP contribution >= 0.6 is 0 Å². The van der Waals surface area contributed by atoms with Gasteiger partial charge in [-0.25, -0.2) is 17.9 Å². The second-order valence-corrected chi connectivity index (χ2v) is 9.50. The van der Waals surface area contributed by atoms with Crippen LogP contribution in [0, 0.1) is 6.92 Å². The number of rotatable bonds is 3. The molecule has 9 heteroatoms. The minimum absolute atomic E-state index is 0.0366. The van der Waals surface area contributed by atoms with E-state index in [1.807, 2.05) is 19.1 Å². The number of anilines is 1. The molecular formula is C19H21N3O5S. The van der Waals surface area contributed by atoms with Crippen molar-refractivity contribution in [1.29, 1.82) is 0 Å². The highest BCUT2D eigenvalue weighted by atomic mass is 32.2. The van der Waals surface area contributed by atoms with Crippen molar-refractivity contribution < 1.29 is 22.7 Å². The number of hydrogen-bond acceptors (Lipinski definition) is 6. The number of aryl methyl sites for hydroxylation is 1. The van der Waals surface area contributed by atoms with Crippen LogP contribution in [0.5, 0.6) is 0 Å². The highest BCUT2D eigenvalue weighted by Gasteiger charge is 2.37. The number of nitrogens with one attached hydrogen (secondary N) is 1. The van der Waals surface area contributed by atoms with Crippen LogP contribution in [-0.2, 0) is 19.4 Å². The third kappa shape index (κ3) is 3.19. The normalized spacial score (nSPS) is 23.1. The first-order valence-corrected chi connectivity index (χ1v) is 10.9. The first-order valence-electron chi connectivity index (χ1n) is 9.06. The summed E-state index contributed by atoms with van der Waals surface area (Å²) in [5.41, 5.74) is 3.00. The molecule has 1 amide bonds. The smallest absolute Gasteiger partial charge is 0.337 e. The molecule has 1 aromatic carbocycles. The highest BCUT2D eigenvalue weighted by molar-refractivity contribution is 7.91. The summed E-state index contributed by atoms with van der Waals surface area (Å²) in [5.74, 6) is -0.0103. The highest BCUT2D eigenvalue weighted by Crippen LogP contribution is 2.41. The lowest BCUT2D eigenvalue weighted by molar-refractivity contribution is -0.116. The molecule has 4 rings (SSSR count). The van der Waals surface area contributed by atoms with E-state index in [1.54, 1.807) is 16.8 Å². The van der Waals surface area contributed by atoms with E-state index < -0.39 is 15.8 Å². The van der Waals surface area contributed by atoms with Crippen molar-refractivity contribution in [2.24, 2.45) is 0 Å². The molecule has 28 heavy (non-hydrogen) atoms. The van der Waals surface area contributed by atoms with Gasteiger partial charge in [-0.2, -0.15) is 5.10 Å². The molecule has 2 aromatic rings. The molecule has 2 aliphatic rings. The molecule has 0 unspecified atom stereocenters. The standard InChI is InChI=1S/C19H21N3O5S/c1-11-17-15(12-3-5-13(6-4-12)19(24)27-2)9-16(23)20-18(17)22(21-11)14-7-8-28(25,26)10-14/h3-6,14-15H,7-10H2,1-2H3,(H,20,23)/t14-,15+/m0/s1. The first kappa shape index (κ1) is 18.7. The van der Waals surface area contributed by atoms with E-state index >= 15 is 0 Å². The average molecular weight is 403 g/mol. The molecule has 0 saturated carbocycles. The summed E-state index contributed by atoms with van der Waals surface area (Å²) in [5, 5.41) is 7.46. The monoisotopic (exact) mass is 403 g/mol. The topological polar surface area (TPSA) is 107 Å². The number of methoxy groups -OCH3 is 1. The second-order valence-electron chi connectivity index (χ2n) is 7.27. The number of sulfone groups is 1. The van der Waals surface area contributed by atoms with Crippen LogP contribution in [0.2, 0.25) is 0 Å². The van der Waals surface area contributed by atoms with E-state index in [0.717, 1.165) is 16.8 Å². The maximum atomic E-state index is 12.4. The Kier molecular flexibility index (Phi) is 4.49. The number of carbonyl (C=O) groups is 2. The Bertz CT molecular complexity index is 1060. The van der Waals surface area contributed by atoms with Crippen LogP contribution in [-0.4, -0.2) is 48.7 Å². The predicted octanol–water partition coefficient (Wildman–Crippen LogP) is 1.81. The third-order valence-corrected chi connectivity index (χ3v) is 7.17. The predicted molar refractivity (Wildman–Crippen MR) is 102 cm³/mol. The van der Waals surface area contributed by atoms with Gasteiger partial charge >= 0.3 is 5.97 Å². The summed E-state index contributed by atoms with van der Waals surface area (Å²) < 4.78 is 30.2. The van der Waals surface area contributed by atoms with E-state index in [2.05, 4.69) is 10.4 Å². The van der Waals surface area contributed by atoms with Gasteiger partial charge in [0.15, 0.2) is 9.84 Å². The van der Waals surface area contributed by atoms with Crippen molar-refractivity contribution in [3.8, 4) is 0 Å². The summed E-state index contributed by atoms with van der Waals surface area (Å²) in [7, 11) is -1.74. The number of fused-ring (bicyclic) bond motifs is 1. The lowest BCUT2D eigenvalue weighted by Crippen LogP contribution is -2.26. The number of esters is 1. The van der Waals surface area contributed by atoms with Crippen LogP contribution < -0.4 is 5.32 Å². The largest absolute Gasteiger partial charge is 0.465 e. The summed E-state index contributed by atoms with van der Waals surface area (Å²) in [6.07, 6.45) is 0.754. The molecule has 0 bridgehead atoms. The van der Waals surface area contributed by atoms with E-state index in [0.29, 0.717) is 17.8 Å². The van der Waals surface area contributed by atoms with Crippen molar-refractivity contribution in [2.75, 3.05) is 23.9 Å². The Morgan fingerprint density at radius 3 is 2.61 bits per heavy atom. The van der Waals surface area contributed by atoms with Crippen molar-refractivity contribution in [3.05, 3.63) is 46.6 Å². The molecular weight excluding hydrogens is 382 g/mol. The number of benzene rings is 1. The van der Waals surface area contributed by atoms with Crippen LogP contribution in [0.25, 0.3) is 0 Å².